The van der Waals surface area contributed by atoms with E-state index in [1.54, 1.807) is 37.3 Å². The molecule has 0 radical (unpaired) electrons. The monoisotopic (exact) mass is 395 g/mol. The maximum absolute atomic E-state index is 12.3. The van der Waals surface area contributed by atoms with Crippen LogP contribution in [0.3, 0.4) is 0 Å². The van der Waals surface area contributed by atoms with Crippen LogP contribution in [0.4, 0.5) is 11.4 Å². The van der Waals surface area contributed by atoms with E-state index in [1.165, 1.54) is 17.0 Å². The highest BCUT2D eigenvalue weighted by atomic mass is 16.6. The van der Waals surface area contributed by atoms with Gasteiger partial charge in [-0.15, -0.1) is 0 Å². The summed E-state index contributed by atoms with van der Waals surface area (Å²) in [7, 11) is 0. The summed E-state index contributed by atoms with van der Waals surface area (Å²) in [4.78, 5) is 48.5. The molecule has 29 heavy (non-hydrogen) atoms. The number of nitro benzene ring substituents is 1. The van der Waals surface area contributed by atoms with E-state index in [0.29, 0.717) is 36.9 Å². The van der Waals surface area contributed by atoms with Crippen LogP contribution in [0.1, 0.15) is 52.0 Å². The summed E-state index contributed by atoms with van der Waals surface area (Å²) >= 11 is 0. The largest absolute Gasteiger partial charge is 0.320 e. The van der Waals surface area contributed by atoms with Crippen molar-refractivity contribution in [1.82, 2.24) is 4.90 Å². The molecule has 0 unspecified atom stereocenters. The summed E-state index contributed by atoms with van der Waals surface area (Å²) in [5.41, 5.74) is 1.64. The van der Waals surface area contributed by atoms with Crippen molar-refractivity contribution in [2.24, 2.45) is 0 Å². The first-order valence-corrected chi connectivity index (χ1v) is 9.38. The number of fused-ring (bicyclic) bond motifs is 1. The van der Waals surface area contributed by atoms with E-state index in [1.807, 2.05) is 0 Å². The summed E-state index contributed by atoms with van der Waals surface area (Å²) in [5, 5.41) is 13.7. The van der Waals surface area contributed by atoms with E-state index < -0.39 is 4.92 Å². The van der Waals surface area contributed by atoms with Gasteiger partial charge in [0.2, 0.25) is 5.91 Å². The highest BCUT2D eigenvalue weighted by Crippen LogP contribution is 2.26. The van der Waals surface area contributed by atoms with Gasteiger partial charge in [0, 0.05) is 19.0 Å². The third kappa shape index (κ3) is 4.48. The molecule has 0 saturated heterocycles. The van der Waals surface area contributed by atoms with Crippen LogP contribution in [0.2, 0.25) is 0 Å². The van der Waals surface area contributed by atoms with Gasteiger partial charge in [-0.25, -0.2) is 0 Å². The molecule has 8 nitrogen and oxygen atoms in total. The van der Waals surface area contributed by atoms with Crippen LogP contribution in [-0.4, -0.2) is 34.1 Å². The number of unbranched alkanes of at least 4 members (excludes halogenated alkanes) is 2. The molecule has 150 valence electrons. The van der Waals surface area contributed by atoms with Crippen molar-refractivity contribution in [2.45, 2.75) is 32.6 Å². The number of carbonyl (C=O) groups excluding carboxylic acids is 3. The second kappa shape index (κ2) is 8.64. The van der Waals surface area contributed by atoms with Crippen molar-refractivity contribution >= 4 is 29.1 Å². The summed E-state index contributed by atoms with van der Waals surface area (Å²) in [6.07, 6.45) is 1.99. The predicted molar refractivity (Wildman–Crippen MR) is 107 cm³/mol. The van der Waals surface area contributed by atoms with E-state index in [2.05, 4.69) is 5.32 Å². The van der Waals surface area contributed by atoms with Crippen LogP contribution in [-0.2, 0) is 4.79 Å². The van der Waals surface area contributed by atoms with Crippen LogP contribution in [0.25, 0.3) is 0 Å². The number of nitro groups is 1. The molecule has 8 heteroatoms. The molecule has 0 fully saturated rings. The number of rotatable bonds is 8. The number of benzene rings is 2. The number of imide groups is 1. The molecule has 3 amide bonds. The minimum absolute atomic E-state index is 0.135. The lowest BCUT2D eigenvalue weighted by molar-refractivity contribution is -0.384. The second-order valence-electron chi connectivity index (χ2n) is 6.94. The number of amides is 3. The topological polar surface area (TPSA) is 110 Å². The fraction of sp³-hybridized carbons (Fsp3) is 0.286. The van der Waals surface area contributed by atoms with Crippen LogP contribution >= 0.6 is 0 Å². The lowest BCUT2D eigenvalue weighted by Crippen LogP contribution is -2.30. The van der Waals surface area contributed by atoms with Crippen LogP contribution in [0.5, 0.6) is 0 Å². The number of hydrogen-bond acceptors (Lipinski definition) is 5. The van der Waals surface area contributed by atoms with Gasteiger partial charge < -0.3 is 5.32 Å². The van der Waals surface area contributed by atoms with Crippen molar-refractivity contribution in [2.75, 3.05) is 11.9 Å². The Balaban J connectivity index is 1.44. The van der Waals surface area contributed by atoms with Crippen LogP contribution in [0, 0.1) is 17.0 Å². The first-order valence-electron chi connectivity index (χ1n) is 9.38. The Morgan fingerprint density at radius 1 is 1.03 bits per heavy atom. The highest BCUT2D eigenvalue weighted by Gasteiger charge is 2.34. The van der Waals surface area contributed by atoms with Gasteiger partial charge in [-0.3, -0.25) is 29.4 Å². The quantitative estimate of drug-likeness (QED) is 0.317. The first-order chi connectivity index (χ1) is 13.9. The molecular weight excluding hydrogens is 374 g/mol. The minimum atomic E-state index is -0.523. The van der Waals surface area contributed by atoms with E-state index in [-0.39, 0.29) is 35.5 Å². The van der Waals surface area contributed by atoms with Crippen molar-refractivity contribution in [3.63, 3.8) is 0 Å². The summed E-state index contributed by atoms with van der Waals surface area (Å²) in [6, 6.07) is 11.4. The molecule has 3 rings (SSSR count). The van der Waals surface area contributed by atoms with E-state index in [9.17, 15) is 24.5 Å². The summed E-state index contributed by atoms with van der Waals surface area (Å²) < 4.78 is 0. The lowest BCUT2D eigenvalue weighted by atomic mass is 10.1. The van der Waals surface area contributed by atoms with Crippen LogP contribution < -0.4 is 5.32 Å². The van der Waals surface area contributed by atoms with Crippen molar-refractivity contribution < 1.29 is 19.3 Å². The van der Waals surface area contributed by atoms with Gasteiger partial charge in [0.25, 0.3) is 17.5 Å². The Bertz CT molecular complexity index is 951. The standard InChI is InChI=1S/C21H21N3O5/c1-14-10-11-17(18(13-14)24(28)29)22-19(25)9-3-2-6-12-23-20(26)15-7-4-5-8-16(15)21(23)27/h4-5,7-8,10-11,13H,2-3,6,9,12H2,1H3,(H,22,25). The zero-order chi connectivity index (χ0) is 21.0. The maximum Gasteiger partial charge on any atom is 0.293 e. The lowest BCUT2D eigenvalue weighted by Gasteiger charge is -2.13. The number of anilines is 1. The average Bonchev–Trinajstić information content (AvgIpc) is 2.94. The Labute approximate surface area is 167 Å². The number of hydrogen-bond donors (Lipinski definition) is 1. The minimum Gasteiger partial charge on any atom is -0.320 e. The zero-order valence-corrected chi connectivity index (χ0v) is 16.0. The Hall–Kier alpha value is -3.55. The average molecular weight is 395 g/mol. The van der Waals surface area contributed by atoms with Crippen molar-refractivity contribution in [3.05, 3.63) is 69.3 Å². The molecule has 0 aromatic heterocycles. The fourth-order valence-corrected chi connectivity index (χ4v) is 3.29. The second-order valence-corrected chi connectivity index (χ2v) is 6.94. The Morgan fingerprint density at radius 2 is 1.69 bits per heavy atom. The fourth-order valence-electron chi connectivity index (χ4n) is 3.29. The first kappa shape index (κ1) is 20.2. The van der Waals surface area contributed by atoms with Gasteiger partial charge in [-0.1, -0.05) is 24.6 Å². The molecule has 0 atom stereocenters. The number of nitrogens with zero attached hydrogens (tertiary/aromatic N) is 2. The molecule has 2 aromatic carbocycles. The summed E-state index contributed by atoms with van der Waals surface area (Å²) in [5.74, 6) is -0.872. The van der Waals surface area contributed by atoms with Gasteiger partial charge in [-0.2, -0.15) is 0 Å². The molecule has 1 N–H and O–H groups in total. The van der Waals surface area contributed by atoms with Crippen LogP contribution in [0.15, 0.2) is 42.5 Å². The highest BCUT2D eigenvalue weighted by molar-refractivity contribution is 6.21. The van der Waals surface area contributed by atoms with Crippen molar-refractivity contribution in [3.8, 4) is 0 Å². The third-order valence-corrected chi connectivity index (χ3v) is 4.79. The molecule has 0 bridgehead atoms. The van der Waals surface area contributed by atoms with Gasteiger partial charge in [0.05, 0.1) is 16.1 Å². The third-order valence-electron chi connectivity index (χ3n) is 4.79. The molecule has 1 aliphatic rings. The maximum atomic E-state index is 12.3. The number of nitrogens with one attached hydrogen (secondary N) is 1. The van der Waals surface area contributed by atoms with Gasteiger partial charge in [0.15, 0.2) is 0 Å². The van der Waals surface area contributed by atoms with E-state index in [0.717, 1.165) is 5.56 Å². The molecule has 0 saturated carbocycles. The smallest absolute Gasteiger partial charge is 0.293 e. The Morgan fingerprint density at radius 3 is 2.31 bits per heavy atom. The molecule has 2 aromatic rings. The predicted octanol–water partition coefficient (Wildman–Crippen LogP) is 3.70. The number of aryl methyl sites for hydroxylation is 1. The van der Waals surface area contributed by atoms with Gasteiger partial charge >= 0.3 is 0 Å². The molecule has 0 aliphatic carbocycles. The zero-order valence-electron chi connectivity index (χ0n) is 16.0. The molecule has 1 aliphatic heterocycles. The molecule has 0 spiro atoms. The SMILES string of the molecule is Cc1ccc(NC(=O)CCCCCN2C(=O)c3ccccc3C2=O)c([N+](=O)[O-])c1. The number of carbonyl (C=O) groups is 3. The summed E-state index contributed by atoms with van der Waals surface area (Å²) in [6.45, 7) is 2.05. The normalized spacial score (nSPS) is 12.8. The molecule has 1 heterocycles. The molecular formula is C21H21N3O5. The van der Waals surface area contributed by atoms with Crippen molar-refractivity contribution in [1.29, 1.82) is 0 Å². The van der Waals surface area contributed by atoms with E-state index >= 15 is 0 Å². The Kier molecular flexibility index (Phi) is 6.01. The van der Waals surface area contributed by atoms with Gasteiger partial charge in [0.1, 0.15) is 5.69 Å². The van der Waals surface area contributed by atoms with Gasteiger partial charge in [-0.05, 0) is 43.5 Å². The van der Waals surface area contributed by atoms with E-state index in [4.69, 9.17) is 0 Å².